The molecule has 1 aliphatic rings. The molecule has 2 N–H and O–H groups in total. The quantitative estimate of drug-likeness (QED) is 0.825. The van der Waals surface area contributed by atoms with Crippen LogP contribution in [0.3, 0.4) is 0 Å². The maximum atomic E-state index is 12.0. The van der Waals surface area contributed by atoms with Crippen molar-refractivity contribution in [1.29, 1.82) is 0 Å². The van der Waals surface area contributed by atoms with Crippen LogP contribution < -0.4 is 9.46 Å². The molecule has 6 heteroatoms. The molecular weight excluding hydrogens is 254 g/mol. The highest BCUT2D eigenvalue weighted by molar-refractivity contribution is 7.89. The zero-order valence-corrected chi connectivity index (χ0v) is 11.0. The van der Waals surface area contributed by atoms with Crippen molar-refractivity contribution in [2.75, 3.05) is 13.2 Å². The molecule has 1 aromatic carbocycles. The van der Waals surface area contributed by atoms with Gasteiger partial charge in [0.05, 0.1) is 17.6 Å². The smallest absolute Gasteiger partial charge is 0.240 e. The normalized spacial score (nSPS) is 16.1. The topological polar surface area (TPSA) is 75.6 Å². The van der Waals surface area contributed by atoms with E-state index in [9.17, 15) is 8.42 Å². The van der Waals surface area contributed by atoms with Gasteiger partial charge in [0.2, 0.25) is 10.0 Å². The number of aliphatic hydroxyl groups is 1. The Hall–Kier alpha value is -1.11. The van der Waals surface area contributed by atoms with Crippen LogP contribution in [-0.4, -0.2) is 32.8 Å². The average Bonchev–Trinajstić information content (AvgIpc) is 2.74. The molecule has 2 rings (SSSR count). The van der Waals surface area contributed by atoms with Crippen LogP contribution in [0, 0.1) is 0 Å². The minimum atomic E-state index is -3.49. The Balaban J connectivity index is 2.10. The molecule has 18 heavy (non-hydrogen) atoms. The van der Waals surface area contributed by atoms with E-state index in [-0.39, 0.29) is 11.4 Å². The summed E-state index contributed by atoms with van der Waals surface area (Å²) in [5.74, 6) is 0.762. The van der Waals surface area contributed by atoms with Gasteiger partial charge in [-0.1, -0.05) is 0 Å². The largest absolute Gasteiger partial charge is 0.493 e. The van der Waals surface area contributed by atoms with E-state index in [0.29, 0.717) is 13.0 Å². The van der Waals surface area contributed by atoms with Gasteiger partial charge in [0.15, 0.2) is 0 Å². The number of fused-ring (bicyclic) bond motifs is 1. The van der Waals surface area contributed by atoms with Crippen molar-refractivity contribution in [2.45, 2.75) is 30.8 Å². The average molecular weight is 271 g/mol. The number of benzene rings is 1. The summed E-state index contributed by atoms with van der Waals surface area (Å²) in [6.45, 7) is 2.46. The van der Waals surface area contributed by atoms with Crippen molar-refractivity contribution in [3.05, 3.63) is 23.8 Å². The summed E-state index contributed by atoms with van der Waals surface area (Å²) in [6, 6.07) is 4.87. The van der Waals surface area contributed by atoms with Crippen LogP contribution in [0.2, 0.25) is 0 Å². The van der Waals surface area contributed by atoms with Crippen molar-refractivity contribution in [1.82, 2.24) is 4.72 Å². The Morgan fingerprint density at radius 1 is 1.50 bits per heavy atom. The monoisotopic (exact) mass is 271 g/mol. The maximum absolute atomic E-state index is 12.0. The summed E-state index contributed by atoms with van der Waals surface area (Å²) in [6.07, 6.45) is 0.626. The van der Waals surface area contributed by atoms with E-state index in [0.717, 1.165) is 17.7 Å². The molecule has 0 saturated carbocycles. The first kappa shape index (κ1) is 13.3. The molecule has 1 aromatic rings. The highest BCUT2D eigenvalue weighted by Gasteiger charge is 2.18. The summed E-state index contributed by atoms with van der Waals surface area (Å²) in [7, 11) is -3.49. The molecule has 0 radical (unpaired) electrons. The van der Waals surface area contributed by atoms with Gasteiger partial charge in [0, 0.05) is 13.0 Å². The molecule has 0 aromatic heterocycles. The van der Waals surface area contributed by atoms with E-state index in [4.69, 9.17) is 9.84 Å². The van der Waals surface area contributed by atoms with Crippen LogP contribution >= 0.6 is 0 Å². The molecule has 1 aliphatic heterocycles. The third kappa shape index (κ3) is 3.01. The van der Waals surface area contributed by atoms with Crippen molar-refractivity contribution in [2.24, 2.45) is 0 Å². The molecule has 5 nitrogen and oxygen atoms in total. The van der Waals surface area contributed by atoms with E-state index in [1.54, 1.807) is 19.1 Å². The van der Waals surface area contributed by atoms with E-state index in [1.807, 2.05) is 0 Å². The molecular formula is C12H17NO4S. The highest BCUT2D eigenvalue weighted by atomic mass is 32.2. The van der Waals surface area contributed by atoms with Gasteiger partial charge < -0.3 is 9.84 Å². The number of hydrogen-bond donors (Lipinski definition) is 2. The molecule has 0 spiro atoms. The molecule has 0 amide bonds. The second-order valence-corrected chi connectivity index (χ2v) is 6.17. The predicted molar refractivity (Wildman–Crippen MR) is 67.1 cm³/mol. The fourth-order valence-electron chi connectivity index (χ4n) is 1.82. The Morgan fingerprint density at radius 3 is 3.00 bits per heavy atom. The van der Waals surface area contributed by atoms with Gasteiger partial charge in [0.25, 0.3) is 0 Å². The van der Waals surface area contributed by atoms with Gasteiger partial charge in [-0.3, -0.25) is 0 Å². The third-order valence-electron chi connectivity index (χ3n) is 2.83. The Morgan fingerprint density at radius 2 is 2.28 bits per heavy atom. The van der Waals surface area contributed by atoms with Crippen molar-refractivity contribution in [3.63, 3.8) is 0 Å². The van der Waals surface area contributed by atoms with Crippen LogP contribution in [0.1, 0.15) is 18.9 Å². The number of sulfonamides is 1. The first-order chi connectivity index (χ1) is 8.49. The van der Waals surface area contributed by atoms with Crippen molar-refractivity contribution < 1.29 is 18.3 Å². The zero-order valence-electron chi connectivity index (χ0n) is 10.2. The SMILES string of the molecule is CC(O)CCNS(=O)(=O)c1ccc2c(c1)CCO2. The lowest BCUT2D eigenvalue weighted by Gasteiger charge is -2.09. The second-order valence-electron chi connectivity index (χ2n) is 4.40. The van der Waals surface area contributed by atoms with Crippen molar-refractivity contribution in [3.8, 4) is 5.75 Å². The number of aliphatic hydroxyl groups excluding tert-OH is 1. The summed E-state index contributed by atoms with van der Waals surface area (Å²) in [4.78, 5) is 0.248. The van der Waals surface area contributed by atoms with E-state index in [2.05, 4.69) is 4.72 Å². The summed E-state index contributed by atoms with van der Waals surface area (Å²) < 4.78 is 31.8. The van der Waals surface area contributed by atoms with Crippen LogP contribution in [0.4, 0.5) is 0 Å². The summed E-state index contributed by atoms with van der Waals surface area (Å²) >= 11 is 0. The molecule has 0 fully saturated rings. The summed E-state index contributed by atoms with van der Waals surface area (Å²) in [5.41, 5.74) is 0.924. The number of hydrogen-bond acceptors (Lipinski definition) is 4. The van der Waals surface area contributed by atoms with Crippen molar-refractivity contribution >= 4 is 10.0 Å². The molecule has 0 bridgehead atoms. The van der Waals surface area contributed by atoms with Gasteiger partial charge in [0.1, 0.15) is 5.75 Å². The van der Waals surface area contributed by atoms with Gasteiger partial charge in [-0.15, -0.1) is 0 Å². The lowest BCUT2D eigenvalue weighted by atomic mass is 10.2. The molecule has 0 saturated heterocycles. The van der Waals surface area contributed by atoms with E-state index >= 15 is 0 Å². The maximum Gasteiger partial charge on any atom is 0.240 e. The van der Waals surface area contributed by atoms with E-state index in [1.165, 1.54) is 6.07 Å². The van der Waals surface area contributed by atoms with Crippen LogP contribution in [0.5, 0.6) is 5.75 Å². The Labute approximate surface area is 107 Å². The standard InChI is InChI=1S/C12H17NO4S/c1-9(14)4-6-13-18(15,16)11-2-3-12-10(8-11)5-7-17-12/h2-3,8-9,13-14H,4-7H2,1H3. The lowest BCUT2D eigenvalue weighted by molar-refractivity contribution is 0.186. The zero-order chi connectivity index (χ0) is 13.2. The van der Waals surface area contributed by atoms with Crippen LogP contribution in [-0.2, 0) is 16.4 Å². The highest BCUT2D eigenvalue weighted by Crippen LogP contribution is 2.27. The van der Waals surface area contributed by atoms with Gasteiger partial charge >= 0.3 is 0 Å². The molecule has 1 atom stereocenters. The number of nitrogens with one attached hydrogen (secondary N) is 1. The van der Waals surface area contributed by atoms with Gasteiger partial charge in [-0.05, 0) is 37.1 Å². The van der Waals surface area contributed by atoms with Gasteiger partial charge in [-0.2, -0.15) is 0 Å². The predicted octanol–water partition coefficient (Wildman–Crippen LogP) is 0.671. The number of ether oxygens (including phenoxy) is 1. The third-order valence-corrected chi connectivity index (χ3v) is 4.28. The molecule has 1 heterocycles. The van der Waals surface area contributed by atoms with Gasteiger partial charge in [-0.25, -0.2) is 13.1 Å². The minimum absolute atomic E-state index is 0.230. The molecule has 0 aliphatic carbocycles. The Kier molecular flexibility index (Phi) is 3.89. The fraction of sp³-hybridized carbons (Fsp3) is 0.500. The number of rotatable bonds is 5. The van der Waals surface area contributed by atoms with Crippen LogP contribution in [0.15, 0.2) is 23.1 Å². The molecule has 100 valence electrons. The first-order valence-electron chi connectivity index (χ1n) is 5.92. The Bertz CT molecular complexity index is 525. The van der Waals surface area contributed by atoms with Crippen LogP contribution in [0.25, 0.3) is 0 Å². The second kappa shape index (κ2) is 5.26. The van der Waals surface area contributed by atoms with E-state index < -0.39 is 16.1 Å². The fourth-order valence-corrected chi connectivity index (χ4v) is 2.91. The minimum Gasteiger partial charge on any atom is -0.493 e. The summed E-state index contributed by atoms with van der Waals surface area (Å²) in [5, 5.41) is 9.10. The molecule has 1 unspecified atom stereocenters. The first-order valence-corrected chi connectivity index (χ1v) is 7.41. The lowest BCUT2D eigenvalue weighted by Crippen LogP contribution is -2.26.